The van der Waals surface area contributed by atoms with Gasteiger partial charge in [-0.25, -0.2) is 0 Å². The Morgan fingerprint density at radius 2 is 2.45 bits per heavy atom. The van der Waals surface area contributed by atoms with E-state index in [1.807, 2.05) is 0 Å². The second-order valence-electron chi connectivity index (χ2n) is 2.18. The summed E-state index contributed by atoms with van der Waals surface area (Å²) >= 11 is 0. The molecule has 0 aromatic heterocycles. The Morgan fingerprint density at radius 3 is 2.91 bits per heavy atom. The topological polar surface area (TPSA) is 84.6 Å². The van der Waals surface area contributed by atoms with Crippen LogP contribution in [0.5, 0.6) is 0 Å². The summed E-state index contributed by atoms with van der Waals surface area (Å²) in [5, 5.41) is 11.1. The third kappa shape index (κ3) is 7.24. The lowest BCUT2D eigenvalue weighted by atomic mass is 10.2. The van der Waals surface area contributed by atoms with Crippen LogP contribution in [0.2, 0.25) is 0 Å². The fourth-order valence-electron chi connectivity index (χ4n) is 0.571. The van der Waals surface area contributed by atoms with Gasteiger partial charge < -0.3 is 15.6 Å². The average Bonchev–Trinajstić information content (AvgIpc) is 1.97. The second kappa shape index (κ2) is 6.09. The number of aliphatic carboxylic acids is 1. The predicted octanol–water partition coefficient (Wildman–Crippen LogP) is -0.670. The molecule has 4 N–H and O–H groups in total. The molecule has 0 aliphatic carbocycles. The smallest absolute Gasteiger partial charge is 0.303 e. The molecule has 0 saturated carbocycles. The molecule has 1 atom stereocenters. The Morgan fingerprint density at radius 1 is 1.82 bits per heavy atom. The molecular formula is C6H14N2O3. The Labute approximate surface area is 65.5 Å². The van der Waals surface area contributed by atoms with Gasteiger partial charge in [-0.3, -0.25) is 10.1 Å². The highest BCUT2D eigenvalue weighted by Gasteiger charge is 2.03. The summed E-state index contributed by atoms with van der Waals surface area (Å²) in [7, 11) is 1.54. The number of hydrogen-bond donors (Lipinski definition) is 3. The van der Waals surface area contributed by atoms with Crippen LogP contribution in [0.3, 0.4) is 0 Å². The van der Waals surface area contributed by atoms with Crippen molar-refractivity contribution in [3.05, 3.63) is 0 Å². The molecule has 0 spiro atoms. The van der Waals surface area contributed by atoms with Crippen LogP contribution < -0.4 is 11.1 Å². The van der Waals surface area contributed by atoms with Crippen molar-refractivity contribution in [3.8, 4) is 0 Å². The van der Waals surface area contributed by atoms with Gasteiger partial charge in [-0.15, -0.1) is 0 Å². The number of ether oxygens (including phenoxy) is 1. The minimum Gasteiger partial charge on any atom is -0.481 e. The standard InChI is InChI=1S/C6H14N2O3/c1-11-4-8-5(7)2-3-6(9)10/h5,8H,2-4,7H2,1H3,(H,9,10)/t5-/m0/s1. The van der Waals surface area contributed by atoms with Crippen LogP contribution in [0, 0.1) is 0 Å². The first-order valence-corrected chi connectivity index (χ1v) is 3.36. The quantitative estimate of drug-likeness (QED) is 0.451. The monoisotopic (exact) mass is 162 g/mol. The minimum atomic E-state index is -0.834. The third-order valence-corrected chi connectivity index (χ3v) is 1.16. The van der Waals surface area contributed by atoms with Gasteiger partial charge in [0.25, 0.3) is 0 Å². The lowest BCUT2D eigenvalue weighted by Crippen LogP contribution is -2.38. The summed E-state index contributed by atoms with van der Waals surface area (Å²) < 4.78 is 4.68. The summed E-state index contributed by atoms with van der Waals surface area (Å²) in [4.78, 5) is 10.1. The van der Waals surface area contributed by atoms with E-state index < -0.39 is 5.97 Å². The number of nitrogens with one attached hydrogen (secondary N) is 1. The average molecular weight is 162 g/mol. The molecule has 0 aliphatic heterocycles. The zero-order valence-electron chi connectivity index (χ0n) is 6.54. The van der Waals surface area contributed by atoms with E-state index in [9.17, 15) is 4.79 Å². The number of carboxylic acids is 1. The van der Waals surface area contributed by atoms with Gasteiger partial charge in [0.05, 0.1) is 12.9 Å². The largest absolute Gasteiger partial charge is 0.481 e. The van der Waals surface area contributed by atoms with E-state index in [0.29, 0.717) is 13.2 Å². The zero-order chi connectivity index (χ0) is 8.69. The lowest BCUT2D eigenvalue weighted by molar-refractivity contribution is -0.137. The van der Waals surface area contributed by atoms with Gasteiger partial charge in [0, 0.05) is 13.5 Å². The van der Waals surface area contributed by atoms with E-state index in [0.717, 1.165) is 0 Å². The molecule has 0 radical (unpaired) electrons. The van der Waals surface area contributed by atoms with Crippen molar-refractivity contribution < 1.29 is 14.6 Å². The van der Waals surface area contributed by atoms with Gasteiger partial charge in [-0.2, -0.15) is 0 Å². The molecule has 0 heterocycles. The summed E-state index contributed by atoms with van der Waals surface area (Å²) in [6.07, 6.45) is 0.197. The maximum absolute atomic E-state index is 10.1. The Balaban J connectivity index is 3.22. The lowest BCUT2D eigenvalue weighted by Gasteiger charge is -2.10. The third-order valence-electron chi connectivity index (χ3n) is 1.16. The molecule has 0 rings (SSSR count). The number of methoxy groups -OCH3 is 1. The van der Waals surface area contributed by atoms with Crippen molar-refractivity contribution in [3.63, 3.8) is 0 Å². The number of carboxylic acid groups (broad SMARTS) is 1. The van der Waals surface area contributed by atoms with Crippen LogP contribution in [0.4, 0.5) is 0 Å². The van der Waals surface area contributed by atoms with Crippen molar-refractivity contribution >= 4 is 5.97 Å². The van der Waals surface area contributed by atoms with Crippen molar-refractivity contribution in [2.75, 3.05) is 13.8 Å². The van der Waals surface area contributed by atoms with Crippen LogP contribution in [-0.4, -0.2) is 31.1 Å². The van der Waals surface area contributed by atoms with Crippen LogP contribution in [-0.2, 0) is 9.53 Å². The van der Waals surface area contributed by atoms with E-state index >= 15 is 0 Å². The molecule has 0 aromatic carbocycles. The fourth-order valence-corrected chi connectivity index (χ4v) is 0.571. The molecule has 0 amide bonds. The normalized spacial score (nSPS) is 12.9. The molecular weight excluding hydrogens is 148 g/mol. The van der Waals surface area contributed by atoms with E-state index in [1.165, 1.54) is 7.11 Å². The van der Waals surface area contributed by atoms with E-state index in [-0.39, 0.29) is 12.6 Å². The first-order valence-electron chi connectivity index (χ1n) is 3.36. The zero-order valence-corrected chi connectivity index (χ0v) is 6.54. The number of hydrogen-bond acceptors (Lipinski definition) is 4. The molecule has 11 heavy (non-hydrogen) atoms. The molecule has 5 heteroatoms. The Kier molecular flexibility index (Phi) is 5.73. The molecule has 0 unspecified atom stereocenters. The van der Waals surface area contributed by atoms with Crippen LogP contribution in [0.15, 0.2) is 0 Å². The first kappa shape index (κ1) is 10.3. The number of nitrogens with two attached hydrogens (primary N) is 1. The Bertz CT molecular complexity index is 118. The second-order valence-corrected chi connectivity index (χ2v) is 2.18. The SMILES string of the molecule is COCN[C@H](N)CCC(=O)O. The molecule has 0 aromatic rings. The molecule has 0 fully saturated rings. The predicted molar refractivity (Wildman–Crippen MR) is 39.9 cm³/mol. The molecule has 0 aliphatic rings. The highest BCUT2D eigenvalue weighted by Crippen LogP contribution is 1.90. The van der Waals surface area contributed by atoms with Crippen LogP contribution in [0.25, 0.3) is 0 Å². The van der Waals surface area contributed by atoms with Crippen molar-refractivity contribution in [2.45, 2.75) is 19.0 Å². The van der Waals surface area contributed by atoms with Gasteiger partial charge in [0.1, 0.15) is 0 Å². The van der Waals surface area contributed by atoms with Crippen LogP contribution >= 0.6 is 0 Å². The molecule has 66 valence electrons. The van der Waals surface area contributed by atoms with Crippen LogP contribution in [0.1, 0.15) is 12.8 Å². The summed E-state index contributed by atoms with van der Waals surface area (Å²) in [6, 6.07) is 0. The summed E-state index contributed by atoms with van der Waals surface area (Å²) in [5.74, 6) is -0.834. The maximum Gasteiger partial charge on any atom is 0.303 e. The summed E-state index contributed by atoms with van der Waals surface area (Å²) in [5.41, 5.74) is 5.45. The van der Waals surface area contributed by atoms with Crippen molar-refractivity contribution in [1.82, 2.24) is 5.32 Å². The van der Waals surface area contributed by atoms with E-state index in [4.69, 9.17) is 10.8 Å². The van der Waals surface area contributed by atoms with Gasteiger partial charge in [0.15, 0.2) is 0 Å². The molecule has 5 nitrogen and oxygen atoms in total. The van der Waals surface area contributed by atoms with Gasteiger partial charge in [0.2, 0.25) is 0 Å². The number of rotatable bonds is 6. The van der Waals surface area contributed by atoms with E-state index in [1.54, 1.807) is 0 Å². The van der Waals surface area contributed by atoms with Gasteiger partial charge >= 0.3 is 5.97 Å². The number of carbonyl (C=O) groups is 1. The van der Waals surface area contributed by atoms with Crippen molar-refractivity contribution in [2.24, 2.45) is 5.73 Å². The molecule has 0 bridgehead atoms. The fraction of sp³-hybridized carbons (Fsp3) is 0.833. The minimum absolute atomic E-state index is 0.0812. The van der Waals surface area contributed by atoms with Crippen molar-refractivity contribution in [1.29, 1.82) is 0 Å². The molecule has 0 saturated heterocycles. The Hall–Kier alpha value is -0.650. The first-order chi connectivity index (χ1) is 5.16. The van der Waals surface area contributed by atoms with Gasteiger partial charge in [-0.05, 0) is 6.42 Å². The van der Waals surface area contributed by atoms with E-state index in [2.05, 4.69) is 10.1 Å². The summed E-state index contributed by atoms with van der Waals surface area (Å²) in [6.45, 7) is 0.348. The highest BCUT2D eigenvalue weighted by atomic mass is 16.5. The maximum atomic E-state index is 10.1. The van der Waals surface area contributed by atoms with Gasteiger partial charge in [-0.1, -0.05) is 0 Å². The highest BCUT2D eigenvalue weighted by molar-refractivity contribution is 5.66.